The maximum absolute atomic E-state index is 12.6. The molecule has 134 valence electrons. The molecule has 26 heavy (non-hydrogen) atoms. The fourth-order valence-electron chi connectivity index (χ4n) is 3.62. The number of imidazole rings is 1. The molecule has 0 spiro atoms. The van der Waals surface area contributed by atoms with Crippen molar-refractivity contribution in [3.05, 3.63) is 59.4 Å². The van der Waals surface area contributed by atoms with Gasteiger partial charge in [0.15, 0.2) is 0 Å². The normalized spacial score (nSPS) is 16.3. The van der Waals surface area contributed by atoms with Gasteiger partial charge in [-0.1, -0.05) is 25.1 Å². The molecule has 2 heterocycles. The summed E-state index contributed by atoms with van der Waals surface area (Å²) in [5, 5.41) is 2.97. The molecular weight excluding hydrogens is 326 g/mol. The number of hydrogen-bond acceptors (Lipinski definition) is 3. The Morgan fingerprint density at radius 3 is 3.00 bits per heavy atom. The summed E-state index contributed by atoms with van der Waals surface area (Å²) in [4.78, 5) is 17.3. The van der Waals surface area contributed by atoms with Crippen LogP contribution in [0.1, 0.15) is 35.1 Å². The monoisotopic (exact) mass is 349 g/mol. The first-order valence-electron chi connectivity index (χ1n) is 9.05. The first-order valence-corrected chi connectivity index (χ1v) is 9.05. The Balaban J connectivity index is 1.54. The van der Waals surface area contributed by atoms with Crippen LogP contribution in [0.4, 0.5) is 0 Å². The minimum absolute atomic E-state index is 0.0999. The molecule has 1 atom stereocenters. The van der Waals surface area contributed by atoms with Crippen molar-refractivity contribution in [3.63, 3.8) is 0 Å². The third kappa shape index (κ3) is 3.05. The van der Waals surface area contributed by atoms with Crippen molar-refractivity contribution in [3.8, 4) is 5.75 Å². The van der Waals surface area contributed by atoms with Crippen LogP contribution in [-0.4, -0.2) is 22.6 Å². The van der Waals surface area contributed by atoms with E-state index in [0.717, 1.165) is 41.1 Å². The highest BCUT2D eigenvalue weighted by molar-refractivity contribution is 5.97. The second-order valence-corrected chi connectivity index (χ2v) is 6.98. The highest BCUT2D eigenvalue weighted by Gasteiger charge is 2.19. The molecule has 0 aliphatic carbocycles. The molecule has 0 radical (unpaired) electrons. The number of aryl methyl sites for hydroxylation is 1. The first-order chi connectivity index (χ1) is 12.7. The van der Waals surface area contributed by atoms with E-state index in [1.165, 1.54) is 6.42 Å². The van der Waals surface area contributed by atoms with Crippen molar-refractivity contribution in [2.24, 2.45) is 5.92 Å². The van der Waals surface area contributed by atoms with Crippen molar-refractivity contribution < 1.29 is 9.53 Å². The second-order valence-electron chi connectivity index (χ2n) is 6.98. The Hall–Kier alpha value is -2.82. The fraction of sp³-hybridized carbons (Fsp3) is 0.333. The van der Waals surface area contributed by atoms with Gasteiger partial charge in [0.05, 0.1) is 18.1 Å². The third-order valence-electron chi connectivity index (χ3n) is 5.10. The van der Waals surface area contributed by atoms with Crippen molar-refractivity contribution >= 4 is 16.9 Å². The maximum Gasteiger partial charge on any atom is 0.251 e. The number of ether oxygens (including phenoxy) is 1. The molecule has 0 bridgehead atoms. The van der Waals surface area contributed by atoms with E-state index in [9.17, 15) is 4.79 Å². The SMILES string of the molecule is COc1ccccc1CNC(=O)c1ccc2c(c1)nc1n2CC[C@H](C)C1. The van der Waals surface area contributed by atoms with Crippen molar-refractivity contribution in [1.82, 2.24) is 14.9 Å². The number of benzene rings is 2. The van der Waals surface area contributed by atoms with E-state index in [2.05, 4.69) is 16.8 Å². The van der Waals surface area contributed by atoms with Crippen LogP contribution in [0.3, 0.4) is 0 Å². The molecule has 0 saturated heterocycles. The molecule has 3 aromatic rings. The lowest BCUT2D eigenvalue weighted by atomic mass is 10.0. The zero-order chi connectivity index (χ0) is 18.1. The van der Waals surface area contributed by atoms with Gasteiger partial charge in [0.2, 0.25) is 0 Å². The van der Waals surface area contributed by atoms with Crippen molar-refractivity contribution in [2.45, 2.75) is 32.9 Å². The molecular formula is C21H23N3O2. The molecule has 1 N–H and O–H groups in total. The van der Waals surface area contributed by atoms with Crippen LogP contribution in [0.25, 0.3) is 11.0 Å². The predicted molar refractivity (Wildman–Crippen MR) is 101 cm³/mol. The summed E-state index contributed by atoms with van der Waals surface area (Å²) in [5.74, 6) is 2.48. The standard InChI is InChI=1S/C21H23N3O2/c1-14-9-10-24-18-8-7-15(12-17(18)23-20(24)11-14)21(25)22-13-16-5-3-4-6-19(16)26-2/h3-8,12,14H,9-11,13H2,1-2H3,(H,22,25)/t14-/m0/s1. The van der Waals surface area contributed by atoms with Crippen LogP contribution in [0.2, 0.25) is 0 Å². The Kier molecular flexibility index (Phi) is 4.37. The minimum atomic E-state index is -0.0999. The van der Waals surface area contributed by atoms with Gasteiger partial charge in [0.1, 0.15) is 11.6 Å². The molecule has 0 saturated carbocycles. The molecule has 5 nitrogen and oxygen atoms in total. The average molecular weight is 349 g/mol. The van der Waals surface area contributed by atoms with Crippen molar-refractivity contribution in [2.75, 3.05) is 7.11 Å². The van der Waals surface area contributed by atoms with Gasteiger partial charge in [0.25, 0.3) is 5.91 Å². The predicted octanol–water partition coefficient (Wildman–Crippen LogP) is 3.56. The van der Waals surface area contributed by atoms with E-state index < -0.39 is 0 Å². The molecule has 0 unspecified atom stereocenters. The first kappa shape index (κ1) is 16.6. The van der Waals surface area contributed by atoms with Crippen molar-refractivity contribution in [1.29, 1.82) is 0 Å². The smallest absolute Gasteiger partial charge is 0.251 e. The summed E-state index contributed by atoms with van der Waals surface area (Å²) in [6.45, 7) is 3.70. The molecule has 4 rings (SSSR count). The van der Waals surface area contributed by atoms with E-state index in [1.807, 2.05) is 42.5 Å². The number of carbonyl (C=O) groups is 1. The molecule has 5 heteroatoms. The minimum Gasteiger partial charge on any atom is -0.496 e. The maximum atomic E-state index is 12.6. The number of carbonyl (C=O) groups excluding carboxylic acids is 1. The molecule has 0 fully saturated rings. The molecule has 1 aliphatic rings. The summed E-state index contributed by atoms with van der Waals surface area (Å²) in [7, 11) is 1.63. The third-order valence-corrected chi connectivity index (χ3v) is 5.10. The Morgan fingerprint density at radius 2 is 2.15 bits per heavy atom. The van der Waals surface area contributed by atoms with Gasteiger partial charge in [-0.05, 0) is 36.6 Å². The van der Waals surface area contributed by atoms with Gasteiger partial charge in [0, 0.05) is 30.6 Å². The van der Waals surface area contributed by atoms with Crippen LogP contribution < -0.4 is 10.1 Å². The molecule has 1 aliphatic heterocycles. The number of rotatable bonds is 4. The van der Waals surface area contributed by atoms with Crippen LogP contribution >= 0.6 is 0 Å². The zero-order valence-electron chi connectivity index (χ0n) is 15.2. The average Bonchev–Trinajstić information content (AvgIpc) is 3.02. The van der Waals surface area contributed by atoms with Crippen LogP contribution in [0.15, 0.2) is 42.5 Å². The summed E-state index contributed by atoms with van der Waals surface area (Å²) in [6, 6.07) is 13.5. The van der Waals surface area contributed by atoms with E-state index in [1.54, 1.807) is 7.11 Å². The molecule has 1 aromatic heterocycles. The molecule has 1 amide bonds. The van der Waals surface area contributed by atoms with E-state index in [0.29, 0.717) is 18.0 Å². The number of fused-ring (bicyclic) bond motifs is 3. The number of nitrogens with one attached hydrogen (secondary N) is 1. The second kappa shape index (κ2) is 6.83. The number of hydrogen-bond donors (Lipinski definition) is 1. The number of methoxy groups -OCH3 is 1. The van der Waals surface area contributed by atoms with E-state index >= 15 is 0 Å². The van der Waals surface area contributed by atoms with Gasteiger partial charge in [-0.25, -0.2) is 4.98 Å². The van der Waals surface area contributed by atoms with Crippen LogP contribution in [0, 0.1) is 5.92 Å². The largest absolute Gasteiger partial charge is 0.496 e. The van der Waals surface area contributed by atoms with Gasteiger partial charge < -0.3 is 14.6 Å². The Bertz CT molecular complexity index is 961. The van der Waals surface area contributed by atoms with Gasteiger partial charge >= 0.3 is 0 Å². The van der Waals surface area contributed by atoms with Crippen LogP contribution in [-0.2, 0) is 19.5 Å². The quantitative estimate of drug-likeness (QED) is 0.783. The summed E-state index contributed by atoms with van der Waals surface area (Å²) in [6.07, 6.45) is 2.18. The van der Waals surface area contributed by atoms with Gasteiger partial charge in [-0.3, -0.25) is 4.79 Å². The lowest BCUT2D eigenvalue weighted by molar-refractivity contribution is 0.0951. The van der Waals surface area contributed by atoms with Crippen LogP contribution in [0.5, 0.6) is 5.75 Å². The highest BCUT2D eigenvalue weighted by Crippen LogP contribution is 2.26. The molecule has 2 aromatic carbocycles. The van der Waals surface area contributed by atoms with E-state index in [4.69, 9.17) is 9.72 Å². The summed E-state index contributed by atoms with van der Waals surface area (Å²) in [5.41, 5.74) is 3.61. The zero-order valence-corrected chi connectivity index (χ0v) is 15.2. The summed E-state index contributed by atoms with van der Waals surface area (Å²) < 4.78 is 7.62. The Labute approximate surface area is 153 Å². The fourth-order valence-corrected chi connectivity index (χ4v) is 3.62. The number of aromatic nitrogens is 2. The Morgan fingerprint density at radius 1 is 1.31 bits per heavy atom. The van der Waals surface area contributed by atoms with E-state index in [-0.39, 0.29) is 5.91 Å². The highest BCUT2D eigenvalue weighted by atomic mass is 16.5. The lowest BCUT2D eigenvalue weighted by Crippen LogP contribution is -2.23. The number of para-hydroxylation sites is 1. The topological polar surface area (TPSA) is 56.1 Å². The number of nitrogens with zero attached hydrogens (tertiary/aromatic N) is 2. The lowest BCUT2D eigenvalue weighted by Gasteiger charge is -2.20. The van der Waals surface area contributed by atoms with Gasteiger partial charge in [-0.2, -0.15) is 0 Å². The van der Waals surface area contributed by atoms with Gasteiger partial charge in [-0.15, -0.1) is 0 Å². The summed E-state index contributed by atoms with van der Waals surface area (Å²) >= 11 is 0. The number of amides is 1.